The number of nitrogens with one attached hydrogen (secondary N) is 1. The minimum atomic E-state index is -0.497. The minimum Gasteiger partial charge on any atom is -0.465 e. The lowest BCUT2D eigenvalue weighted by Crippen LogP contribution is -2.16. The van der Waals surface area contributed by atoms with Gasteiger partial charge in [-0.1, -0.05) is 35.0 Å². The molecule has 1 N–H and O–H groups in total. The topological polar surface area (TPSA) is 86.1 Å². The van der Waals surface area contributed by atoms with Crippen molar-refractivity contribution >= 4 is 63.2 Å². The fourth-order valence-corrected chi connectivity index (χ4v) is 4.10. The van der Waals surface area contributed by atoms with Gasteiger partial charge in [-0.15, -0.1) is 21.5 Å². The van der Waals surface area contributed by atoms with E-state index in [2.05, 4.69) is 15.5 Å². The van der Waals surface area contributed by atoms with E-state index in [9.17, 15) is 9.59 Å². The monoisotopic (exact) mass is 456 g/mol. The van der Waals surface area contributed by atoms with Gasteiger partial charge >= 0.3 is 5.97 Å². The Bertz CT molecular complexity index is 1040. The first kappa shape index (κ1) is 20.7. The third-order valence-electron chi connectivity index (χ3n) is 3.67. The second kappa shape index (κ2) is 8.95. The predicted molar refractivity (Wildman–Crippen MR) is 111 cm³/mol. The lowest BCUT2D eigenvalue weighted by Gasteiger charge is -2.06. The third-order valence-corrected chi connectivity index (χ3v) is 6.26. The van der Waals surface area contributed by atoms with Crippen LogP contribution in [-0.4, -0.2) is 39.5 Å². The summed E-state index contributed by atoms with van der Waals surface area (Å²) in [5.41, 5.74) is 1.09. The Kier molecular flexibility index (Phi) is 6.61. The van der Waals surface area contributed by atoms with Crippen LogP contribution in [0.25, 0.3) is 11.4 Å². The summed E-state index contributed by atoms with van der Waals surface area (Å²) < 4.78 is 6.46. The van der Waals surface area contributed by atoms with Crippen molar-refractivity contribution in [3.8, 4) is 11.4 Å². The van der Waals surface area contributed by atoms with Crippen molar-refractivity contribution in [2.24, 2.45) is 7.05 Å². The Balaban J connectivity index is 1.66. The number of hydrogen-bond donors (Lipinski definition) is 1. The van der Waals surface area contributed by atoms with E-state index in [0.717, 1.165) is 5.56 Å². The van der Waals surface area contributed by atoms with Gasteiger partial charge in [0.1, 0.15) is 5.00 Å². The molecule has 3 rings (SSSR count). The molecule has 1 aromatic carbocycles. The molecule has 0 aliphatic carbocycles. The molecule has 146 valence electrons. The van der Waals surface area contributed by atoms with E-state index in [-0.39, 0.29) is 11.7 Å². The third kappa shape index (κ3) is 4.49. The van der Waals surface area contributed by atoms with E-state index in [0.29, 0.717) is 31.6 Å². The van der Waals surface area contributed by atoms with Crippen LogP contribution in [0.15, 0.2) is 34.8 Å². The molecule has 2 heterocycles. The van der Waals surface area contributed by atoms with Gasteiger partial charge in [-0.3, -0.25) is 4.79 Å². The number of ether oxygens (including phenoxy) is 1. The molecule has 0 unspecified atom stereocenters. The van der Waals surface area contributed by atoms with Gasteiger partial charge in [0.15, 0.2) is 11.0 Å². The van der Waals surface area contributed by atoms with Crippen molar-refractivity contribution in [1.29, 1.82) is 0 Å². The number of methoxy groups -OCH3 is 1. The largest absolute Gasteiger partial charge is 0.465 e. The summed E-state index contributed by atoms with van der Waals surface area (Å²) in [5.74, 6) is -0.0561. The average Bonchev–Trinajstić information content (AvgIpc) is 3.28. The number of nitrogens with zero attached hydrogens (tertiary/aromatic N) is 3. The molecule has 3 aromatic rings. The average molecular weight is 457 g/mol. The molecule has 0 saturated heterocycles. The summed E-state index contributed by atoms with van der Waals surface area (Å²) >= 11 is 14.5. The zero-order valence-electron chi connectivity index (χ0n) is 14.7. The summed E-state index contributed by atoms with van der Waals surface area (Å²) in [7, 11) is 3.09. The van der Waals surface area contributed by atoms with Crippen LogP contribution in [0.2, 0.25) is 10.0 Å². The molecule has 0 aliphatic heterocycles. The number of aromatic nitrogens is 3. The van der Waals surface area contributed by atoms with Crippen LogP contribution in [0.1, 0.15) is 10.4 Å². The molecular formula is C17H14Cl2N4O3S2. The molecule has 0 fully saturated rings. The standard InChI is InChI=1S/C17H14Cl2N4O3S2/c1-23-14(9-3-4-11(18)12(19)7-9)21-22-17(23)28-8-13(24)20-15-10(5-6-27-15)16(25)26-2/h3-7H,8H2,1-2H3,(H,20,24). The highest BCUT2D eigenvalue weighted by molar-refractivity contribution is 7.99. The number of carbonyl (C=O) groups excluding carboxylic acids is 2. The van der Waals surface area contributed by atoms with E-state index in [4.69, 9.17) is 27.9 Å². The summed E-state index contributed by atoms with van der Waals surface area (Å²) in [4.78, 5) is 23.9. The minimum absolute atomic E-state index is 0.103. The van der Waals surface area contributed by atoms with Crippen LogP contribution in [-0.2, 0) is 16.6 Å². The Morgan fingerprint density at radius 3 is 2.75 bits per heavy atom. The highest BCUT2D eigenvalue weighted by atomic mass is 35.5. The fraction of sp³-hybridized carbons (Fsp3) is 0.176. The SMILES string of the molecule is COC(=O)c1ccsc1NC(=O)CSc1nnc(-c2ccc(Cl)c(Cl)c2)n1C. The summed E-state index contributed by atoms with van der Waals surface area (Å²) in [6, 6.07) is 6.80. The second-order valence-corrected chi connectivity index (χ2v) is 8.16. The number of anilines is 1. The molecule has 0 bridgehead atoms. The van der Waals surface area contributed by atoms with Gasteiger partial charge in [0.2, 0.25) is 5.91 Å². The van der Waals surface area contributed by atoms with Crippen LogP contribution in [0.4, 0.5) is 5.00 Å². The second-order valence-electron chi connectivity index (χ2n) is 5.49. The van der Waals surface area contributed by atoms with E-state index in [1.54, 1.807) is 41.3 Å². The van der Waals surface area contributed by atoms with E-state index >= 15 is 0 Å². The quantitative estimate of drug-likeness (QED) is 0.437. The van der Waals surface area contributed by atoms with Gasteiger partial charge in [-0.2, -0.15) is 0 Å². The molecule has 0 saturated carbocycles. The molecule has 2 aromatic heterocycles. The highest BCUT2D eigenvalue weighted by Crippen LogP contribution is 2.29. The van der Waals surface area contributed by atoms with Gasteiger partial charge in [0.25, 0.3) is 0 Å². The Morgan fingerprint density at radius 1 is 1.25 bits per heavy atom. The normalized spacial score (nSPS) is 10.7. The van der Waals surface area contributed by atoms with Crippen molar-refractivity contribution < 1.29 is 14.3 Å². The molecule has 7 nitrogen and oxygen atoms in total. The van der Waals surface area contributed by atoms with Crippen LogP contribution in [0, 0.1) is 0 Å². The predicted octanol–water partition coefficient (Wildman–Crippen LogP) is 4.37. The summed E-state index contributed by atoms with van der Waals surface area (Å²) in [6.07, 6.45) is 0. The van der Waals surface area contributed by atoms with Crippen LogP contribution < -0.4 is 5.32 Å². The van der Waals surface area contributed by atoms with Crippen LogP contribution >= 0.6 is 46.3 Å². The Labute approximate surface area is 179 Å². The maximum Gasteiger partial charge on any atom is 0.340 e. The van der Waals surface area contributed by atoms with E-state index in [1.807, 2.05) is 0 Å². The first-order valence-electron chi connectivity index (χ1n) is 7.84. The molecule has 0 aliphatic rings. The van der Waals surface area contributed by atoms with Crippen molar-refractivity contribution in [2.45, 2.75) is 5.16 Å². The fourth-order valence-electron chi connectivity index (χ4n) is 2.30. The van der Waals surface area contributed by atoms with Crippen molar-refractivity contribution in [1.82, 2.24) is 14.8 Å². The number of carbonyl (C=O) groups is 2. The van der Waals surface area contributed by atoms with E-state index < -0.39 is 5.97 Å². The molecular weight excluding hydrogens is 443 g/mol. The van der Waals surface area contributed by atoms with Crippen molar-refractivity contribution in [2.75, 3.05) is 18.2 Å². The molecule has 1 amide bonds. The number of amides is 1. The number of thiophene rings is 1. The van der Waals surface area contributed by atoms with Gasteiger partial charge in [-0.25, -0.2) is 4.79 Å². The Hall–Kier alpha value is -2.07. The smallest absolute Gasteiger partial charge is 0.340 e. The van der Waals surface area contributed by atoms with Gasteiger partial charge in [0.05, 0.1) is 28.5 Å². The van der Waals surface area contributed by atoms with Crippen LogP contribution in [0.5, 0.6) is 0 Å². The molecule has 0 spiro atoms. The number of benzene rings is 1. The maximum atomic E-state index is 12.3. The Morgan fingerprint density at radius 2 is 2.04 bits per heavy atom. The number of esters is 1. The van der Waals surface area contributed by atoms with Crippen molar-refractivity contribution in [3.05, 3.63) is 45.3 Å². The van der Waals surface area contributed by atoms with Crippen molar-refractivity contribution in [3.63, 3.8) is 0 Å². The van der Waals surface area contributed by atoms with Gasteiger partial charge < -0.3 is 14.6 Å². The lowest BCUT2D eigenvalue weighted by molar-refractivity contribution is -0.113. The van der Waals surface area contributed by atoms with Crippen LogP contribution in [0.3, 0.4) is 0 Å². The molecule has 11 heteroatoms. The lowest BCUT2D eigenvalue weighted by atomic mass is 10.2. The highest BCUT2D eigenvalue weighted by Gasteiger charge is 2.17. The maximum absolute atomic E-state index is 12.3. The molecule has 0 atom stereocenters. The zero-order chi connectivity index (χ0) is 20.3. The van der Waals surface area contributed by atoms with Gasteiger partial charge in [0, 0.05) is 12.6 Å². The van der Waals surface area contributed by atoms with Gasteiger partial charge in [-0.05, 0) is 29.6 Å². The number of halogens is 2. The summed E-state index contributed by atoms with van der Waals surface area (Å²) in [5, 5.41) is 14.6. The first-order chi connectivity index (χ1) is 13.4. The number of thioether (sulfide) groups is 1. The number of rotatable bonds is 6. The molecule has 0 radical (unpaired) electrons. The van der Waals surface area contributed by atoms with E-state index in [1.165, 1.54) is 30.2 Å². The first-order valence-corrected chi connectivity index (χ1v) is 10.5. The molecule has 28 heavy (non-hydrogen) atoms. The summed E-state index contributed by atoms with van der Waals surface area (Å²) in [6.45, 7) is 0. The zero-order valence-corrected chi connectivity index (χ0v) is 17.9. The number of hydrogen-bond acceptors (Lipinski definition) is 7.